The lowest BCUT2D eigenvalue weighted by atomic mass is 9.93. The summed E-state index contributed by atoms with van der Waals surface area (Å²) in [4.78, 5) is 111. The van der Waals surface area contributed by atoms with Gasteiger partial charge in [0.15, 0.2) is 21.6 Å². The van der Waals surface area contributed by atoms with Crippen molar-refractivity contribution >= 4 is 110 Å². The van der Waals surface area contributed by atoms with Gasteiger partial charge in [-0.15, -0.1) is 0 Å². The van der Waals surface area contributed by atoms with Crippen LogP contribution in [0.2, 0.25) is 0 Å². The highest BCUT2D eigenvalue weighted by Gasteiger charge is 2.58. The number of nitrogens with zero attached hydrogens (tertiary/aromatic N) is 12. The molecule has 0 radical (unpaired) electrons. The second kappa shape index (κ2) is 31.4. The van der Waals surface area contributed by atoms with Gasteiger partial charge in [-0.1, -0.05) is 13.8 Å². The summed E-state index contributed by atoms with van der Waals surface area (Å²) in [7, 11) is 0. The molecule has 0 spiro atoms. The number of likely N-dealkylation sites (tertiary alicyclic amines) is 2. The molecular formula is C72H71F9N14O11S2. The summed E-state index contributed by atoms with van der Waals surface area (Å²) in [6.07, 6.45) is -11.3. The van der Waals surface area contributed by atoms with Gasteiger partial charge in [0.1, 0.15) is 40.8 Å². The number of pyridine rings is 2. The van der Waals surface area contributed by atoms with Gasteiger partial charge >= 0.3 is 36.3 Å². The molecule has 3 aromatic carbocycles. The fourth-order valence-electron chi connectivity index (χ4n) is 13.8. The number of amides is 5. The van der Waals surface area contributed by atoms with Crippen LogP contribution in [-0.4, -0.2) is 152 Å². The predicted octanol–water partition coefficient (Wildman–Crippen LogP) is 10.3. The van der Waals surface area contributed by atoms with Gasteiger partial charge in [0.05, 0.1) is 72.0 Å². The average molecular weight is 1540 g/mol. The quantitative estimate of drug-likeness (QED) is 0.0145. The number of carbonyl (C=O) groups is 7. The minimum absolute atomic E-state index is 0.0143. The fourth-order valence-corrected chi connectivity index (χ4v) is 14.9. The molecule has 7 heterocycles. The normalized spacial score (nSPS) is 18.8. The third-order valence-electron chi connectivity index (χ3n) is 19.6. The molecule has 5 aliphatic heterocycles. The molecule has 0 saturated carbocycles. The van der Waals surface area contributed by atoms with Crippen LogP contribution in [0.25, 0.3) is 0 Å². The lowest BCUT2D eigenvalue weighted by Crippen LogP contribution is -2.70. The maximum absolute atomic E-state index is 15.3. The Morgan fingerprint density at radius 3 is 1.55 bits per heavy atom. The summed E-state index contributed by atoms with van der Waals surface area (Å²) < 4.78 is 143. The van der Waals surface area contributed by atoms with Crippen LogP contribution in [0.3, 0.4) is 0 Å². The lowest BCUT2D eigenvalue weighted by Gasteiger charge is -2.47. The molecule has 3 N–H and O–H groups in total. The van der Waals surface area contributed by atoms with Crippen LogP contribution in [0.1, 0.15) is 132 Å². The molecule has 2 unspecified atom stereocenters. The smallest absolute Gasteiger partial charge is 0.491 e. The van der Waals surface area contributed by atoms with Gasteiger partial charge in [-0.3, -0.25) is 48.9 Å². The zero-order valence-corrected chi connectivity index (χ0v) is 60.5. The molecule has 5 fully saturated rings. The first kappa shape index (κ1) is 80.1. The van der Waals surface area contributed by atoms with Crippen molar-refractivity contribution in [3.8, 4) is 29.7 Å². The number of aromatic nitrogens is 2. The van der Waals surface area contributed by atoms with E-state index in [1.165, 1.54) is 41.9 Å². The molecule has 108 heavy (non-hydrogen) atoms. The minimum Gasteiger partial charge on any atom is -0.493 e. The van der Waals surface area contributed by atoms with Gasteiger partial charge in [0, 0.05) is 36.6 Å². The number of thiocarbonyl (C=S) groups is 2. The number of aryl methyl sites for hydroxylation is 2. The van der Waals surface area contributed by atoms with E-state index in [1.807, 2.05) is 19.9 Å². The molecule has 0 bridgehead atoms. The van der Waals surface area contributed by atoms with Crippen LogP contribution in [0.4, 0.5) is 73.6 Å². The Kier molecular flexibility index (Phi) is 23.3. The van der Waals surface area contributed by atoms with Gasteiger partial charge < -0.3 is 34.4 Å². The van der Waals surface area contributed by atoms with E-state index in [9.17, 15) is 89.2 Å². The molecule has 25 nitrogen and oxygen atoms in total. The van der Waals surface area contributed by atoms with E-state index < -0.39 is 118 Å². The number of nitriles is 3. The third kappa shape index (κ3) is 16.4. The number of esters is 2. The van der Waals surface area contributed by atoms with Crippen molar-refractivity contribution in [2.75, 3.05) is 75.8 Å². The molecule has 0 aliphatic carbocycles. The first-order valence-corrected chi connectivity index (χ1v) is 35.0. The Labute approximate surface area is 623 Å². The standard InChI is InChI=1S/C72H71F9N14O11S2/c1-7-43-29-46(94-65(107)91(61(99)67(94,3)4)49-32-51(69(73,74)75)54(35-83)85-37-49)9-12-56(43)104-25-19-40-15-21-89(22-16-40)39-59(97)93(48-28-42(34-82)27-45(31-48)87-53-11-14-58(96)88-60(53)98)72(103,64(102)106-63(101)71(79,80)81)90-23-17-41(18-24-90)20-26-105-57-13-10-47(30-44(57)8-2)95-66(108)92(62(100)68(95,5)6)50-33-52(70(76,77)78)55(36-84)86-38-50/h9-10,12-13,27-33,37-38,40-41,53,87,103H,7-8,11,14-26,39H2,1-6H3,(H,88,96,98). The van der Waals surface area contributed by atoms with E-state index in [4.69, 9.17) is 33.9 Å². The lowest BCUT2D eigenvalue weighted by molar-refractivity contribution is -0.217. The van der Waals surface area contributed by atoms with Crippen LogP contribution in [0.5, 0.6) is 11.5 Å². The predicted molar refractivity (Wildman–Crippen MR) is 377 cm³/mol. The summed E-state index contributed by atoms with van der Waals surface area (Å²) in [5, 5.41) is 46.9. The van der Waals surface area contributed by atoms with Gasteiger partial charge in [-0.25, -0.2) is 24.5 Å². The number of aliphatic hydroxyl groups is 1. The summed E-state index contributed by atoms with van der Waals surface area (Å²) >= 11 is 11.4. The Balaban J connectivity index is 0.837. The second-order valence-corrected chi connectivity index (χ2v) is 28.0. The highest BCUT2D eigenvalue weighted by atomic mass is 32.1. The number of ether oxygens (including phenoxy) is 3. The molecule has 36 heteroatoms. The van der Waals surface area contributed by atoms with E-state index in [2.05, 4.69) is 25.3 Å². The van der Waals surface area contributed by atoms with E-state index in [1.54, 1.807) is 55.1 Å². The van der Waals surface area contributed by atoms with E-state index in [0.29, 0.717) is 89.6 Å². The summed E-state index contributed by atoms with van der Waals surface area (Å²) in [6.45, 7) is 9.25. The molecule has 5 aliphatic rings. The number of carbonyl (C=O) groups excluding carboxylic acids is 7. The molecule has 5 saturated heterocycles. The van der Waals surface area contributed by atoms with E-state index in [0.717, 1.165) is 39.2 Å². The monoisotopic (exact) mass is 1540 g/mol. The summed E-state index contributed by atoms with van der Waals surface area (Å²) in [5.41, 5.74) is -6.52. The van der Waals surface area contributed by atoms with E-state index >= 15 is 4.79 Å². The largest absolute Gasteiger partial charge is 0.493 e. The van der Waals surface area contributed by atoms with Crippen LogP contribution in [0.15, 0.2) is 79.1 Å². The van der Waals surface area contributed by atoms with Crippen molar-refractivity contribution in [3.05, 3.63) is 118 Å². The molecule has 5 aromatic rings. The number of nitrogens with one attached hydrogen (secondary N) is 2. The molecule has 570 valence electrons. The van der Waals surface area contributed by atoms with Gasteiger partial charge in [0.25, 0.3) is 11.8 Å². The second-order valence-electron chi connectivity index (χ2n) is 27.3. The van der Waals surface area contributed by atoms with Gasteiger partial charge in [-0.2, -0.15) is 55.3 Å². The Morgan fingerprint density at radius 2 is 1.12 bits per heavy atom. The fraction of sp³-hybridized carbons (Fsp3) is 0.444. The number of hydrogen-bond donors (Lipinski definition) is 3. The molecule has 2 atom stereocenters. The SMILES string of the molecule is CCc1cc(N2C(=S)N(c3cnc(C#N)c(C(F)(F)F)c3)C(=O)C2(C)C)ccc1OCCC1CCN(CC(=O)N(c2cc(C#N)cc(NC3CCC(=O)NC3=O)c2)C(O)(C(=O)OC(=O)C(F)(F)F)N2CCC(CCOc3ccc(N4C(=S)N(c5cnc(C#N)c(C(F)(F)F)c5)C(=O)C4(C)C)cc3CC)CC2)CC1. The minimum atomic E-state index is -5.79. The summed E-state index contributed by atoms with van der Waals surface area (Å²) in [6, 6.07) is 18.4. The molecular weight excluding hydrogens is 1470 g/mol. The molecule has 2 aromatic heterocycles. The zero-order valence-electron chi connectivity index (χ0n) is 58.9. The number of halogens is 9. The van der Waals surface area contributed by atoms with E-state index in [-0.39, 0.29) is 110 Å². The summed E-state index contributed by atoms with van der Waals surface area (Å²) in [5.74, 6) is -12.0. The van der Waals surface area contributed by atoms with Crippen LogP contribution in [-0.2, 0) is 63.5 Å². The van der Waals surface area contributed by atoms with Gasteiger partial charge in [-0.05, 0) is 213 Å². The van der Waals surface area contributed by atoms with Crippen LogP contribution >= 0.6 is 24.4 Å². The van der Waals surface area contributed by atoms with Crippen molar-refractivity contribution in [1.82, 2.24) is 25.1 Å². The Morgan fingerprint density at radius 1 is 0.648 bits per heavy atom. The van der Waals surface area contributed by atoms with Gasteiger partial charge in [0.2, 0.25) is 17.7 Å². The van der Waals surface area contributed by atoms with Crippen molar-refractivity contribution in [1.29, 1.82) is 15.8 Å². The maximum atomic E-state index is 15.3. The number of rotatable bonds is 22. The average Bonchev–Trinajstić information content (AvgIpc) is 1.44. The van der Waals surface area contributed by atoms with Crippen molar-refractivity contribution in [2.45, 2.75) is 147 Å². The first-order chi connectivity index (χ1) is 50.8. The molecule has 5 amide bonds. The highest BCUT2D eigenvalue weighted by Crippen LogP contribution is 2.44. The number of imide groups is 1. The van der Waals surface area contributed by atoms with Crippen molar-refractivity contribution < 1.29 is 92.4 Å². The van der Waals surface area contributed by atoms with Crippen molar-refractivity contribution in [3.63, 3.8) is 0 Å². The third-order valence-corrected chi connectivity index (χ3v) is 20.3. The highest BCUT2D eigenvalue weighted by molar-refractivity contribution is 7.81. The first-order valence-electron chi connectivity index (χ1n) is 34.2. The van der Waals surface area contributed by atoms with Crippen LogP contribution in [0, 0.1) is 45.8 Å². The molecule has 10 rings (SSSR count). The Hall–Kier alpha value is -10.5. The number of hydrogen-bond acceptors (Lipinski definition) is 21. The zero-order chi connectivity index (χ0) is 78.9. The number of piperidine rings is 3. The maximum Gasteiger partial charge on any atom is 0.491 e. The number of anilines is 6. The number of benzene rings is 3. The topological polar surface area (TPSA) is 311 Å². The van der Waals surface area contributed by atoms with Crippen molar-refractivity contribution in [2.24, 2.45) is 11.8 Å². The Bertz CT molecular complexity index is 4580. The van der Waals surface area contributed by atoms with Crippen LogP contribution < -0.4 is 44.6 Å². The number of alkyl halides is 9.